The zero-order valence-corrected chi connectivity index (χ0v) is 13.9. The van der Waals surface area contributed by atoms with Gasteiger partial charge in [-0.2, -0.15) is 0 Å². The Morgan fingerprint density at radius 1 is 1.46 bits per heavy atom. The number of ketones is 1. The summed E-state index contributed by atoms with van der Waals surface area (Å²) in [5, 5.41) is 3.46. The predicted octanol–water partition coefficient (Wildman–Crippen LogP) is 3.70. The number of hydrogen-bond donors (Lipinski definition) is 0. The van der Waals surface area contributed by atoms with Crippen LogP contribution in [0.5, 0.6) is 0 Å². The molecule has 0 saturated carbocycles. The van der Waals surface area contributed by atoms with Gasteiger partial charge in [-0.15, -0.1) is 11.3 Å². The SMILES string of the molecule is O=C(Cc1nccs1)c1cn(CC2CCOC2)c2cc(F)ccc12. The van der Waals surface area contributed by atoms with Crippen molar-refractivity contribution >= 4 is 28.0 Å². The number of fused-ring (bicyclic) bond motifs is 1. The average Bonchev–Trinajstić information content (AvgIpc) is 3.30. The van der Waals surface area contributed by atoms with Gasteiger partial charge in [0.25, 0.3) is 0 Å². The molecule has 1 aliphatic heterocycles. The Balaban J connectivity index is 1.70. The Morgan fingerprint density at radius 2 is 2.38 bits per heavy atom. The van der Waals surface area contributed by atoms with Crippen molar-refractivity contribution in [3.63, 3.8) is 0 Å². The summed E-state index contributed by atoms with van der Waals surface area (Å²) in [5.41, 5.74) is 1.41. The molecule has 24 heavy (non-hydrogen) atoms. The van der Waals surface area contributed by atoms with E-state index in [1.807, 2.05) is 16.1 Å². The van der Waals surface area contributed by atoms with E-state index < -0.39 is 0 Å². The first-order valence-corrected chi connectivity index (χ1v) is 8.86. The van der Waals surface area contributed by atoms with Gasteiger partial charge in [-0.1, -0.05) is 0 Å². The zero-order valence-electron chi connectivity index (χ0n) is 13.1. The van der Waals surface area contributed by atoms with Crippen LogP contribution in [0.15, 0.2) is 36.0 Å². The van der Waals surface area contributed by atoms with Crippen LogP contribution in [-0.4, -0.2) is 28.5 Å². The Labute approximate surface area is 142 Å². The quantitative estimate of drug-likeness (QED) is 0.663. The van der Waals surface area contributed by atoms with Crippen molar-refractivity contribution in [1.29, 1.82) is 0 Å². The summed E-state index contributed by atoms with van der Waals surface area (Å²) in [4.78, 5) is 16.9. The highest BCUT2D eigenvalue weighted by Crippen LogP contribution is 2.26. The number of rotatable bonds is 5. The van der Waals surface area contributed by atoms with Crippen LogP contribution in [0.3, 0.4) is 0 Å². The third-order valence-corrected chi connectivity index (χ3v) is 5.20. The summed E-state index contributed by atoms with van der Waals surface area (Å²) in [6.07, 6.45) is 4.84. The zero-order chi connectivity index (χ0) is 16.5. The Morgan fingerprint density at radius 3 is 3.12 bits per heavy atom. The van der Waals surface area contributed by atoms with Crippen molar-refractivity contribution in [2.75, 3.05) is 13.2 Å². The van der Waals surface area contributed by atoms with Gasteiger partial charge in [0.05, 0.1) is 18.5 Å². The van der Waals surface area contributed by atoms with E-state index in [9.17, 15) is 9.18 Å². The Kier molecular flexibility index (Phi) is 4.16. The standard InChI is InChI=1S/C18H17FN2O2S/c19-13-1-2-14-15(17(22)8-18-20-4-6-24-18)10-21(16(14)7-13)9-12-3-5-23-11-12/h1-2,4,6-7,10,12H,3,5,8-9,11H2. The highest BCUT2D eigenvalue weighted by Gasteiger charge is 2.21. The van der Waals surface area contributed by atoms with Gasteiger partial charge < -0.3 is 9.30 Å². The van der Waals surface area contributed by atoms with E-state index in [1.165, 1.54) is 23.5 Å². The third kappa shape index (κ3) is 2.99. The molecule has 0 bridgehead atoms. The highest BCUT2D eigenvalue weighted by molar-refractivity contribution is 7.09. The number of halogens is 1. The first-order chi connectivity index (χ1) is 11.7. The van der Waals surface area contributed by atoms with Gasteiger partial charge in [0, 0.05) is 47.8 Å². The molecule has 0 spiro atoms. The molecule has 2 aromatic heterocycles. The second-order valence-electron chi connectivity index (χ2n) is 6.11. The number of carbonyl (C=O) groups is 1. The topological polar surface area (TPSA) is 44.1 Å². The average molecular weight is 344 g/mol. The molecule has 3 aromatic rings. The Hall–Kier alpha value is -2.05. The molecular weight excluding hydrogens is 327 g/mol. The fourth-order valence-electron chi connectivity index (χ4n) is 3.22. The second kappa shape index (κ2) is 6.45. The molecule has 1 aliphatic rings. The van der Waals surface area contributed by atoms with Gasteiger partial charge in [0.2, 0.25) is 0 Å². The Bertz CT molecular complexity index is 867. The maximum Gasteiger partial charge on any atom is 0.171 e. The highest BCUT2D eigenvalue weighted by atomic mass is 32.1. The van der Waals surface area contributed by atoms with Crippen molar-refractivity contribution in [2.24, 2.45) is 5.92 Å². The van der Waals surface area contributed by atoms with E-state index >= 15 is 0 Å². The third-order valence-electron chi connectivity index (χ3n) is 4.42. The minimum atomic E-state index is -0.288. The molecule has 124 valence electrons. The first-order valence-electron chi connectivity index (χ1n) is 7.98. The van der Waals surface area contributed by atoms with Crippen LogP contribution >= 0.6 is 11.3 Å². The fourth-order valence-corrected chi connectivity index (χ4v) is 3.83. The first kappa shape index (κ1) is 15.5. The summed E-state index contributed by atoms with van der Waals surface area (Å²) in [6.45, 7) is 2.23. The van der Waals surface area contributed by atoms with Crippen molar-refractivity contribution < 1.29 is 13.9 Å². The summed E-state index contributed by atoms with van der Waals surface area (Å²) < 4.78 is 21.1. The number of nitrogens with zero attached hydrogens (tertiary/aromatic N) is 2. The molecule has 3 heterocycles. The molecule has 4 rings (SSSR count). The molecule has 0 amide bonds. The fraction of sp³-hybridized carbons (Fsp3) is 0.333. The smallest absolute Gasteiger partial charge is 0.171 e. The molecule has 0 aliphatic carbocycles. The largest absolute Gasteiger partial charge is 0.381 e. The van der Waals surface area contributed by atoms with Crippen LogP contribution in [0.25, 0.3) is 10.9 Å². The maximum atomic E-state index is 13.7. The van der Waals surface area contributed by atoms with Crippen LogP contribution in [0, 0.1) is 11.7 Å². The lowest BCUT2D eigenvalue weighted by atomic mass is 10.1. The van der Waals surface area contributed by atoms with E-state index in [0.717, 1.165) is 42.1 Å². The number of benzene rings is 1. The molecule has 1 unspecified atom stereocenters. The lowest BCUT2D eigenvalue weighted by Crippen LogP contribution is -2.10. The number of Topliss-reactive ketones (excluding diaryl/α,β-unsaturated/α-hetero) is 1. The number of carbonyl (C=O) groups excluding carboxylic acids is 1. The lowest BCUT2D eigenvalue weighted by Gasteiger charge is -2.10. The molecule has 0 radical (unpaired) electrons. The number of thiazole rings is 1. The van der Waals surface area contributed by atoms with Crippen LogP contribution in [0.2, 0.25) is 0 Å². The van der Waals surface area contributed by atoms with Crippen LogP contribution < -0.4 is 0 Å². The summed E-state index contributed by atoms with van der Waals surface area (Å²) in [6, 6.07) is 4.61. The van der Waals surface area contributed by atoms with Crippen molar-refractivity contribution in [3.8, 4) is 0 Å². The normalized spacial score (nSPS) is 17.6. The van der Waals surface area contributed by atoms with Gasteiger partial charge in [-0.05, 0) is 24.6 Å². The van der Waals surface area contributed by atoms with E-state index in [-0.39, 0.29) is 18.0 Å². The van der Waals surface area contributed by atoms with E-state index in [1.54, 1.807) is 12.3 Å². The number of aromatic nitrogens is 2. The van der Waals surface area contributed by atoms with Crippen LogP contribution in [0.1, 0.15) is 21.8 Å². The molecule has 1 atom stereocenters. The minimum absolute atomic E-state index is 0.0166. The number of ether oxygens (including phenoxy) is 1. The summed E-state index contributed by atoms with van der Waals surface area (Å²) in [5.74, 6) is 0.136. The molecule has 4 nitrogen and oxygen atoms in total. The maximum absolute atomic E-state index is 13.7. The van der Waals surface area contributed by atoms with Crippen molar-refractivity contribution in [3.05, 3.63) is 52.4 Å². The van der Waals surface area contributed by atoms with Crippen LogP contribution in [0.4, 0.5) is 4.39 Å². The second-order valence-corrected chi connectivity index (χ2v) is 7.09. The molecular formula is C18H17FN2O2S. The molecule has 1 aromatic carbocycles. The molecule has 6 heteroatoms. The monoisotopic (exact) mass is 344 g/mol. The van der Waals surface area contributed by atoms with E-state index in [2.05, 4.69) is 4.98 Å². The lowest BCUT2D eigenvalue weighted by molar-refractivity contribution is 0.0994. The molecule has 1 saturated heterocycles. The van der Waals surface area contributed by atoms with Gasteiger partial charge >= 0.3 is 0 Å². The van der Waals surface area contributed by atoms with Crippen LogP contribution in [-0.2, 0) is 17.7 Å². The van der Waals surface area contributed by atoms with E-state index in [0.29, 0.717) is 11.5 Å². The number of hydrogen-bond acceptors (Lipinski definition) is 4. The molecule has 1 fully saturated rings. The van der Waals surface area contributed by atoms with Gasteiger partial charge in [-0.3, -0.25) is 4.79 Å². The predicted molar refractivity (Wildman–Crippen MR) is 91.0 cm³/mol. The summed E-state index contributed by atoms with van der Waals surface area (Å²) >= 11 is 1.47. The van der Waals surface area contributed by atoms with Gasteiger partial charge in [0.15, 0.2) is 5.78 Å². The van der Waals surface area contributed by atoms with E-state index in [4.69, 9.17) is 4.74 Å². The van der Waals surface area contributed by atoms with Crippen molar-refractivity contribution in [1.82, 2.24) is 9.55 Å². The van der Waals surface area contributed by atoms with Gasteiger partial charge in [0.1, 0.15) is 10.8 Å². The van der Waals surface area contributed by atoms with Crippen molar-refractivity contribution in [2.45, 2.75) is 19.4 Å². The van der Waals surface area contributed by atoms with Gasteiger partial charge in [-0.25, -0.2) is 9.37 Å². The minimum Gasteiger partial charge on any atom is -0.381 e. The molecule has 0 N–H and O–H groups in total. The summed E-state index contributed by atoms with van der Waals surface area (Å²) in [7, 11) is 0.